The van der Waals surface area contributed by atoms with Gasteiger partial charge in [-0.05, 0) is 36.5 Å². The molecule has 0 nitrogen and oxygen atoms in total. The lowest BCUT2D eigenvalue weighted by Gasteiger charge is -2.05. The minimum atomic E-state index is 1.15. The molecule has 0 radical (unpaired) electrons. The molecule has 0 heteroatoms. The summed E-state index contributed by atoms with van der Waals surface area (Å²) in [6.07, 6.45) is 3.61. The summed E-state index contributed by atoms with van der Waals surface area (Å²) in [5.74, 6) is 0. The predicted molar refractivity (Wildman–Crippen MR) is 54.6 cm³/mol. The molecule has 0 atom stereocenters. The van der Waals surface area contributed by atoms with Gasteiger partial charge in [0.15, 0.2) is 0 Å². The summed E-state index contributed by atoms with van der Waals surface area (Å²) in [5.41, 5.74) is 4.41. The second-order valence-corrected chi connectivity index (χ2v) is 3.36. The van der Waals surface area contributed by atoms with Crippen LogP contribution >= 0.6 is 0 Å². The summed E-state index contributed by atoms with van der Waals surface area (Å²) in [6.45, 7) is 6.64. The number of benzene rings is 1. The molecule has 1 aromatic carbocycles. The van der Waals surface area contributed by atoms with Gasteiger partial charge in [0.1, 0.15) is 0 Å². The Morgan fingerprint density at radius 2 is 1.92 bits per heavy atom. The second kappa shape index (κ2) is 4.30. The molecule has 0 fully saturated rings. The predicted octanol–water partition coefficient (Wildman–Crippen LogP) is 3.51. The maximum atomic E-state index is 2.32. The zero-order chi connectivity index (χ0) is 8.97. The van der Waals surface area contributed by atoms with Gasteiger partial charge in [0, 0.05) is 0 Å². The maximum absolute atomic E-state index is 2.32. The van der Waals surface area contributed by atoms with E-state index < -0.39 is 0 Å². The van der Waals surface area contributed by atoms with Gasteiger partial charge in [-0.25, -0.2) is 0 Å². The van der Waals surface area contributed by atoms with Crippen molar-refractivity contribution in [3.05, 3.63) is 34.9 Å². The molecule has 0 saturated carbocycles. The summed E-state index contributed by atoms with van der Waals surface area (Å²) in [7, 11) is 0. The van der Waals surface area contributed by atoms with Crippen LogP contribution < -0.4 is 0 Å². The monoisotopic (exact) mass is 162 g/mol. The van der Waals surface area contributed by atoms with Crippen LogP contribution in [0, 0.1) is 6.92 Å². The summed E-state index contributed by atoms with van der Waals surface area (Å²) >= 11 is 0. The molecule has 1 rings (SSSR count). The fourth-order valence-electron chi connectivity index (χ4n) is 1.60. The lowest BCUT2D eigenvalue weighted by Crippen LogP contribution is -1.89. The number of rotatable bonds is 3. The van der Waals surface area contributed by atoms with E-state index >= 15 is 0 Å². The molecule has 0 aliphatic carbocycles. The molecule has 0 saturated heterocycles. The van der Waals surface area contributed by atoms with Crippen molar-refractivity contribution < 1.29 is 0 Å². The molecule has 66 valence electrons. The Kier molecular flexibility index (Phi) is 3.33. The molecule has 0 bridgehead atoms. The Morgan fingerprint density at radius 1 is 1.17 bits per heavy atom. The van der Waals surface area contributed by atoms with Crippen molar-refractivity contribution in [2.75, 3.05) is 0 Å². The Bertz CT molecular complexity index is 248. The van der Waals surface area contributed by atoms with Gasteiger partial charge in [-0.15, -0.1) is 0 Å². The van der Waals surface area contributed by atoms with Gasteiger partial charge in [0.25, 0.3) is 0 Å². The highest BCUT2D eigenvalue weighted by Crippen LogP contribution is 2.12. The quantitative estimate of drug-likeness (QED) is 0.638. The number of hydrogen-bond acceptors (Lipinski definition) is 0. The van der Waals surface area contributed by atoms with E-state index in [-0.39, 0.29) is 0 Å². The van der Waals surface area contributed by atoms with Gasteiger partial charge in [0.05, 0.1) is 0 Å². The smallest absolute Gasteiger partial charge is 0.0281 e. The molecule has 12 heavy (non-hydrogen) atoms. The van der Waals surface area contributed by atoms with Crippen LogP contribution in [0.1, 0.15) is 37.0 Å². The standard InChI is InChI=1S/C12H18/c1-4-6-11-7-8-12(5-2)10(3)9-11/h7-9H,4-6H2,1-3H3. The third-order valence-corrected chi connectivity index (χ3v) is 2.33. The first-order valence-electron chi connectivity index (χ1n) is 4.86. The van der Waals surface area contributed by atoms with Crippen molar-refractivity contribution in [3.8, 4) is 0 Å². The first-order chi connectivity index (χ1) is 5.77. The zero-order valence-electron chi connectivity index (χ0n) is 8.35. The van der Waals surface area contributed by atoms with E-state index in [1.54, 1.807) is 0 Å². The largest absolute Gasteiger partial charge is 0.0651 e. The fraction of sp³-hybridized carbons (Fsp3) is 0.500. The van der Waals surface area contributed by atoms with E-state index in [2.05, 4.69) is 39.0 Å². The van der Waals surface area contributed by atoms with Crippen LogP contribution in [0.4, 0.5) is 0 Å². The molecule has 0 heterocycles. The lowest BCUT2D eigenvalue weighted by molar-refractivity contribution is 0.917. The van der Waals surface area contributed by atoms with Crippen LogP contribution in [-0.2, 0) is 12.8 Å². The molecule has 0 unspecified atom stereocenters. The summed E-state index contributed by atoms with van der Waals surface area (Å²) < 4.78 is 0. The maximum Gasteiger partial charge on any atom is -0.0281 e. The third kappa shape index (κ3) is 2.10. The summed E-state index contributed by atoms with van der Waals surface area (Å²) in [5, 5.41) is 0. The van der Waals surface area contributed by atoms with Gasteiger partial charge in [0.2, 0.25) is 0 Å². The zero-order valence-corrected chi connectivity index (χ0v) is 8.35. The van der Waals surface area contributed by atoms with Crippen LogP contribution in [-0.4, -0.2) is 0 Å². The molecule has 0 amide bonds. The first-order valence-corrected chi connectivity index (χ1v) is 4.86. The molecule has 1 aromatic rings. The SMILES string of the molecule is CCCc1ccc(CC)c(C)c1. The normalized spacial score (nSPS) is 10.2. The van der Waals surface area contributed by atoms with E-state index in [0.717, 1.165) is 6.42 Å². The molecule has 0 aromatic heterocycles. The lowest BCUT2D eigenvalue weighted by atomic mass is 10.0. The van der Waals surface area contributed by atoms with Crippen LogP contribution in [0.3, 0.4) is 0 Å². The van der Waals surface area contributed by atoms with Gasteiger partial charge < -0.3 is 0 Å². The molecule has 0 N–H and O–H groups in total. The Morgan fingerprint density at radius 3 is 2.42 bits per heavy atom. The van der Waals surface area contributed by atoms with E-state index in [1.165, 1.54) is 29.5 Å². The first kappa shape index (κ1) is 9.31. The van der Waals surface area contributed by atoms with Gasteiger partial charge in [-0.3, -0.25) is 0 Å². The summed E-state index contributed by atoms with van der Waals surface area (Å²) in [4.78, 5) is 0. The van der Waals surface area contributed by atoms with Gasteiger partial charge in [-0.1, -0.05) is 38.5 Å². The Hall–Kier alpha value is -0.780. The number of aryl methyl sites for hydroxylation is 3. The van der Waals surface area contributed by atoms with Crippen LogP contribution in [0.2, 0.25) is 0 Å². The fourth-order valence-corrected chi connectivity index (χ4v) is 1.60. The highest BCUT2D eigenvalue weighted by molar-refractivity contribution is 5.30. The van der Waals surface area contributed by atoms with Crippen LogP contribution in [0.25, 0.3) is 0 Å². The minimum absolute atomic E-state index is 1.15. The molecule has 0 spiro atoms. The van der Waals surface area contributed by atoms with E-state index in [0.29, 0.717) is 0 Å². The van der Waals surface area contributed by atoms with Crippen molar-refractivity contribution in [1.29, 1.82) is 0 Å². The van der Waals surface area contributed by atoms with Crippen LogP contribution in [0.15, 0.2) is 18.2 Å². The average Bonchev–Trinajstić information content (AvgIpc) is 2.05. The second-order valence-electron chi connectivity index (χ2n) is 3.36. The van der Waals surface area contributed by atoms with E-state index in [1.807, 2.05) is 0 Å². The molecular weight excluding hydrogens is 144 g/mol. The number of hydrogen-bond donors (Lipinski definition) is 0. The third-order valence-electron chi connectivity index (χ3n) is 2.33. The highest BCUT2D eigenvalue weighted by atomic mass is 14.0. The van der Waals surface area contributed by atoms with Crippen molar-refractivity contribution in [3.63, 3.8) is 0 Å². The average molecular weight is 162 g/mol. The van der Waals surface area contributed by atoms with Crippen molar-refractivity contribution in [2.24, 2.45) is 0 Å². The van der Waals surface area contributed by atoms with E-state index in [4.69, 9.17) is 0 Å². The van der Waals surface area contributed by atoms with Gasteiger partial charge in [-0.2, -0.15) is 0 Å². The molecule has 0 aliphatic heterocycles. The van der Waals surface area contributed by atoms with Crippen molar-refractivity contribution >= 4 is 0 Å². The van der Waals surface area contributed by atoms with Crippen LogP contribution in [0.5, 0.6) is 0 Å². The minimum Gasteiger partial charge on any atom is -0.0651 e. The molecular formula is C12H18. The van der Waals surface area contributed by atoms with E-state index in [9.17, 15) is 0 Å². The Balaban J connectivity index is 2.86. The van der Waals surface area contributed by atoms with Gasteiger partial charge >= 0.3 is 0 Å². The highest BCUT2D eigenvalue weighted by Gasteiger charge is 1.96. The van der Waals surface area contributed by atoms with Crippen molar-refractivity contribution in [1.82, 2.24) is 0 Å². The Labute approximate surface area is 75.6 Å². The van der Waals surface area contributed by atoms with Crippen molar-refractivity contribution in [2.45, 2.75) is 40.0 Å². The summed E-state index contributed by atoms with van der Waals surface area (Å²) in [6, 6.07) is 6.85. The topological polar surface area (TPSA) is 0 Å². The molecule has 0 aliphatic rings.